The molecule has 0 bridgehead atoms. The fourth-order valence-corrected chi connectivity index (χ4v) is 3.62. The normalized spacial score (nSPS) is 18.0. The minimum absolute atomic E-state index is 0.0318. The Labute approximate surface area is 161 Å². The van der Waals surface area contributed by atoms with Crippen LogP contribution in [0.4, 0.5) is 0 Å². The van der Waals surface area contributed by atoms with Gasteiger partial charge in [0, 0.05) is 18.0 Å². The molecule has 6 nitrogen and oxygen atoms in total. The molecule has 1 aromatic heterocycles. The van der Waals surface area contributed by atoms with E-state index in [-0.39, 0.29) is 11.4 Å². The van der Waals surface area contributed by atoms with Crippen molar-refractivity contribution in [2.24, 2.45) is 10.1 Å². The van der Waals surface area contributed by atoms with Crippen LogP contribution in [-0.4, -0.2) is 31.9 Å². The highest BCUT2D eigenvalue weighted by molar-refractivity contribution is 8.27. The average molecular weight is 375 g/mol. The monoisotopic (exact) mass is 375 g/mol. The van der Waals surface area contributed by atoms with Crippen LogP contribution in [0.25, 0.3) is 6.08 Å². The summed E-state index contributed by atoms with van der Waals surface area (Å²) in [6, 6.07) is 11.7. The molecular weight excluding hydrogens is 358 g/mol. The third-order valence-electron chi connectivity index (χ3n) is 4.28. The first-order chi connectivity index (χ1) is 13.0. The quantitative estimate of drug-likeness (QED) is 0.826. The summed E-state index contributed by atoms with van der Waals surface area (Å²) in [5.74, 6) is 0.0500. The summed E-state index contributed by atoms with van der Waals surface area (Å²) in [6.45, 7) is 4.26. The summed E-state index contributed by atoms with van der Waals surface area (Å²) in [6.07, 6.45) is 5.08. The Bertz CT molecular complexity index is 1010. The molecule has 2 aliphatic heterocycles. The van der Waals surface area contributed by atoms with E-state index in [1.54, 1.807) is 18.5 Å². The second kappa shape index (κ2) is 6.92. The molecule has 1 N–H and O–H groups in total. The lowest BCUT2D eigenvalue weighted by Gasteiger charge is -2.20. The van der Waals surface area contributed by atoms with Gasteiger partial charge in [-0.05, 0) is 47.0 Å². The smallest absolute Gasteiger partial charge is 0.282 e. The van der Waals surface area contributed by atoms with Crippen LogP contribution in [0.15, 0.2) is 64.5 Å². The maximum atomic E-state index is 12.5. The zero-order valence-electron chi connectivity index (χ0n) is 14.9. The Morgan fingerprint density at radius 2 is 1.96 bits per heavy atom. The summed E-state index contributed by atoms with van der Waals surface area (Å²) < 4.78 is 0. The Balaban J connectivity index is 1.65. The summed E-state index contributed by atoms with van der Waals surface area (Å²) in [5, 5.41) is 15.4. The number of carbonyl (C=O) groups is 1. The van der Waals surface area contributed by atoms with Crippen LogP contribution in [-0.2, 0) is 4.79 Å². The number of nitrogens with zero attached hydrogens (tertiary/aromatic N) is 4. The lowest BCUT2D eigenvalue weighted by atomic mass is 10.0. The number of thioether (sulfide) groups is 1. The molecule has 3 heterocycles. The highest BCUT2D eigenvalue weighted by Crippen LogP contribution is 2.30. The predicted molar refractivity (Wildman–Crippen MR) is 109 cm³/mol. The maximum absolute atomic E-state index is 12.5. The molecule has 0 fully saturated rings. The van der Waals surface area contributed by atoms with Crippen molar-refractivity contribution in [3.8, 4) is 0 Å². The number of carbonyl (C=O) groups excluding carboxylic acids is 1. The molecule has 7 heteroatoms. The first kappa shape index (κ1) is 17.4. The van der Waals surface area contributed by atoms with Crippen LogP contribution in [0.3, 0.4) is 0 Å². The predicted octanol–water partition coefficient (Wildman–Crippen LogP) is 3.87. The van der Waals surface area contributed by atoms with Crippen molar-refractivity contribution in [1.29, 1.82) is 5.41 Å². The van der Waals surface area contributed by atoms with Crippen molar-refractivity contribution in [2.75, 3.05) is 0 Å². The molecule has 4 rings (SSSR count). The van der Waals surface area contributed by atoms with Crippen LogP contribution in [0.1, 0.15) is 36.5 Å². The van der Waals surface area contributed by atoms with Gasteiger partial charge in [-0.3, -0.25) is 15.2 Å². The van der Waals surface area contributed by atoms with Gasteiger partial charge in [0.25, 0.3) is 5.91 Å². The van der Waals surface area contributed by atoms with Crippen molar-refractivity contribution in [1.82, 2.24) is 9.99 Å². The molecule has 0 spiro atoms. The lowest BCUT2D eigenvalue weighted by Crippen LogP contribution is -2.35. The molecule has 2 aromatic rings. The number of pyridine rings is 1. The largest absolute Gasteiger partial charge is 0.283 e. The molecule has 0 saturated heterocycles. The summed E-state index contributed by atoms with van der Waals surface area (Å²) in [4.78, 5) is 20.7. The van der Waals surface area contributed by atoms with Crippen molar-refractivity contribution in [3.63, 3.8) is 0 Å². The van der Waals surface area contributed by atoms with Gasteiger partial charge in [0.05, 0.1) is 5.57 Å². The lowest BCUT2D eigenvalue weighted by molar-refractivity contribution is -0.114. The van der Waals surface area contributed by atoms with Gasteiger partial charge in [0.15, 0.2) is 5.84 Å². The molecule has 0 unspecified atom stereocenters. The van der Waals surface area contributed by atoms with Gasteiger partial charge in [-0.15, -0.1) is 0 Å². The van der Waals surface area contributed by atoms with Crippen LogP contribution >= 0.6 is 11.8 Å². The van der Waals surface area contributed by atoms with Crippen molar-refractivity contribution in [2.45, 2.75) is 19.8 Å². The van der Waals surface area contributed by atoms with Crippen molar-refractivity contribution in [3.05, 3.63) is 71.1 Å². The molecular formula is C20H17N5OS. The number of aliphatic imine (C=N–C) groups is 1. The maximum Gasteiger partial charge on any atom is 0.283 e. The van der Waals surface area contributed by atoms with Gasteiger partial charge in [0.2, 0.25) is 5.17 Å². The number of nitrogens with one attached hydrogen (secondary N) is 1. The highest BCUT2D eigenvalue weighted by atomic mass is 32.2. The first-order valence-electron chi connectivity index (χ1n) is 8.53. The molecule has 0 atom stereocenters. The Morgan fingerprint density at radius 1 is 1.19 bits per heavy atom. The van der Waals surface area contributed by atoms with Gasteiger partial charge in [-0.1, -0.05) is 38.1 Å². The zero-order chi connectivity index (χ0) is 19.0. The molecule has 0 saturated carbocycles. The van der Waals surface area contributed by atoms with E-state index >= 15 is 0 Å². The van der Waals surface area contributed by atoms with Gasteiger partial charge >= 0.3 is 0 Å². The SMILES string of the molecule is CC(C)c1ccc(/C=C2\C(=N)N3N=C(c4cccnc4)SC3=NC2=O)cc1. The number of hydrazone groups is 1. The Kier molecular flexibility index (Phi) is 4.45. The molecule has 0 radical (unpaired) electrons. The van der Waals surface area contributed by atoms with Crippen molar-refractivity contribution < 1.29 is 4.79 Å². The van der Waals surface area contributed by atoms with E-state index in [9.17, 15) is 4.79 Å². The second-order valence-corrected chi connectivity index (χ2v) is 7.44. The minimum atomic E-state index is -0.422. The Hall–Kier alpha value is -3.06. The van der Waals surface area contributed by atoms with E-state index in [1.165, 1.54) is 22.3 Å². The second-order valence-electron chi connectivity index (χ2n) is 6.49. The van der Waals surface area contributed by atoms with E-state index in [1.807, 2.05) is 36.4 Å². The molecule has 134 valence electrons. The summed E-state index contributed by atoms with van der Waals surface area (Å²) in [7, 11) is 0. The molecule has 2 aliphatic rings. The topological polar surface area (TPSA) is 81.8 Å². The van der Waals surface area contributed by atoms with Crippen LogP contribution in [0.5, 0.6) is 0 Å². The van der Waals surface area contributed by atoms with E-state index < -0.39 is 5.91 Å². The van der Waals surface area contributed by atoms with Gasteiger partial charge < -0.3 is 0 Å². The number of amidine groups is 2. The number of hydrogen-bond donors (Lipinski definition) is 1. The minimum Gasteiger partial charge on any atom is -0.282 e. The third-order valence-corrected chi connectivity index (χ3v) is 5.23. The molecule has 27 heavy (non-hydrogen) atoms. The first-order valence-corrected chi connectivity index (χ1v) is 9.35. The summed E-state index contributed by atoms with van der Waals surface area (Å²) >= 11 is 1.27. The van der Waals surface area contributed by atoms with E-state index in [2.05, 4.69) is 28.9 Å². The van der Waals surface area contributed by atoms with E-state index in [4.69, 9.17) is 5.41 Å². The number of benzene rings is 1. The van der Waals surface area contributed by atoms with E-state index in [0.717, 1.165) is 11.1 Å². The number of fused-ring (bicyclic) bond motifs is 1. The summed E-state index contributed by atoms with van der Waals surface area (Å²) in [5.41, 5.74) is 3.14. The molecule has 0 aliphatic carbocycles. The van der Waals surface area contributed by atoms with Crippen LogP contribution < -0.4 is 0 Å². The standard InChI is InChI=1S/C20H17N5OS/c1-12(2)14-7-5-13(6-8-14)10-16-17(21)25-20(23-18(16)26)27-19(24-25)15-4-3-9-22-11-15/h3-12,21H,1-2H3/b16-10+,21-17?. The van der Waals surface area contributed by atoms with Crippen LogP contribution in [0, 0.1) is 5.41 Å². The van der Waals surface area contributed by atoms with E-state index in [0.29, 0.717) is 16.1 Å². The fraction of sp³-hybridized carbons (Fsp3) is 0.150. The Morgan fingerprint density at radius 3 is 2.63 bits per heavy atom. The number of aromatic nitrogens is 1. The number of rotatable bonds is 3. The third kappa shape index (κ3) is 3.33. The molecule has 1 amide bonds. The van der Waals surface area contributed by atoms with Crippen molar-refractivity contribution >= 4 is 39.8 Å². The number of amides is 1. The van der Waals surface area contributed by atoms with Gasteiger partial charge in [-0.2, -0.15) is 15.1 Å². The zero-order valence-corrected chi connectivity index (χ0v) is 15.7. The fourth-order valence-electron chi connectivity index (χ4n) is 2.74. The number of hydrogen-bond acceptors (Lipinski definition) is 5. The molecule has 1 aromatic carbocycles. The highest BCUT2D eigenvalue weighted by Gasteiger charge is 2.36. The van der Waals surface area contributed by atoms with Gasteiger partial charge in [-0.25, -0.2) is 0 Å². The van der Waals surface area contributed by atoms with Crippen LogP contribution in [0.2, 0.25) is 0 Å². The average Bonchev–Trinajstić information content (AvgIpc) is 3.10. The van der Waals surface area contributed by atoms with Gasteiger partial charge in [0.1, 0.15) is 5.04 Å².